The van der Waals surface area contributed by atoms with Crippen molar-refractivity contribution in [2.75, 3.05) is 5.75 Å². The zero-order valence-electron chi connectivity index (χ0n) is 9.55. The second-order valence-corrected chi connectivity index (χ2v) is 5.01. The maximum atomic E-state index is 9.52. The number of thioether (sulfide) groups is 1. The summed E-state index contributed by atoms with van der Waals surface area (Å²) in [6, 6.07) is 8.05. The van der Waals surface area contributed by atoms with Gasteiger partial charge in [0.15, 0.2) is 5.16 Å². The molecule has 1 unspecified atom stereocenters. The van der Waals surface area contributed by atoms with Crippen molar-refractivity contribution in [3.05, 3.63) is 24.3 Å². The fourth-order valence-electron chi connectivity index (χ4n) is 1.73. The summed E-state index contributed by atoms with van der Waals surface area (Å²) in [6.07, 6.45) is -0.353. The van der Waals surface area contributed by atoms with E-state index in [2.05, 4.69) is 16.5 Å². The van der Waals surface area contributed by atoms with E-state index in [-0.39, 0.29) is 6.10 Å². The van der Waals surface area contributed by atoms with E-state index < -0.39 is 0 Å². The van der Waals surface area contributed by atoms with Crippen molar-refractivity contribution in [3.8, 4) is 0 Å². The number of aliphatic hydroxyl groups is 1. The first-order valence-electron chi connectivity index (χ1n) is 5.48. The number of nitrogens with zero attached hydrogens (tertiary/aromatic N) is 2. The van der Waals surface area contributed by atoms with Gasteiger partial charge in [-0.2, -0.15) is 0 Å². The van der Waals surface area contributed by atoms with Crippen LogP contribution in [0.4, 0.5) is 0 Å². The molecule has 0 saturated carbocycles. The van der Waals surface area contributed by atoms with E-state index in [4.69, 9.17) is 0 Å². The average Bonchev–Trinajstić information content (AvgIpc) is 2.57. The number of aliphatic hydroxyl groups excluding tert-OH is 1. The van der Waals surface area contributed by atoms with Crippen LogP contribution >= 0.6 is 11.8 Å². The number of benzene rings is 1. The van der Waals surface area contributed by atoms with Gasteiger partial charge in [0.25, 0.3) is 0 Å². The summed E-state index contributed by atoms with van der Waals surface area (Å²) in [5, 5.41) is 10.5. The number of hydrogen-bond donors (Lipinski definition) is 1. The molecule has 0 bridgehead atoms. The van der Waals surface area contributed by atoms with Crippen molar-refractivity contribution >= 4 is 22.8 Å². The van der Waals surface area contributed by atoms with Crippen molar-refractivity contribution in [2.24, 2.45) is 0 Å². The highest BCUT2D eigenvalue weighted by Gasteiger charge is 2.11. The van der Waals surface area contributed by atoms with E-state index in [1.165, 1.54) is 0 Å². The third-order valence-corrected chi connectivity index (χ3v) is 3.20. The second-order valence-electron chi connectivity index (χ2n) is 3.78. The Balaban J connectivity index is 2.50. The van der Waals surface area contributed by atoms with Crippen LogP contribution in [0.25, 0.3) is 11.0 Å². The molecule has 0 spiro atoms. The molecule has 0 amide bonds. The molecule has 1 N–H and O–H groups in total. The second kappa shape index (κ2) is 4.89. The predicted molar refractivity (Wildman–Crippen MR) is 67.8 cm³/mol. The molecule has 0 aliphatic rings. The lowest BCUT2D eigenvalue weighted by Crippen LogP contribution is -2.12. The molecule has 0 radical (unpaired) electrons. The highest BCUT2D eigenvalue weighted by atomic mass is 32.2. The summed E-state index contributed by atoms with van der Waals surface area (Å²) in [5.41, 5.74) is 2.10. The Hall–Kier alpha value is -1.00. The lowest BCUT2D eigenvalue weighted by atomic mass is 10.3. The first-order valence-corrected chi connectivity index (χ1v) is 6.47. The molecular formula is C12H16N2OS. The van der Waals surface area contributed by atoms with Crippen LogP contribution in [-0.2, 0) is 6.54 Å². The molecule has 3 nitrogen and oxygen atoms in total. The minimum absolute atomic E-state index is 0.353. The molecule has 0 aliphatic heterocycles. The maximum absolute atomic E-state index is 9.52. The van der Waals surface area contributed by atoms with Crippen molar-refractivity contribution in [1.82, 2.24) is 9.55 Å². The molecule has 4 heteroatoms. The van der Waals surface area contributed by atoms with Gasteiger partial charge >= 0.3 is 0 Å². The van der Waals surface area contributed by atoms with E-state index >= 15 is 0 Å². The molecular weight excluding hydrogens is 220 g/mol. The summed E-state index contributed by atoms with van der Waals surface area (Å²) < 4.78 is 2.09. The van der Waals surface area contributed by atoms with Gasteiger partial charge in [0.2, 0.25) is 0 Å². The largest absolute Gasteiger partial charge is 0.392 e. The summed E-state index contributed by atoms with van der Waals surface area (Å²) >= 11 is 1.71. The summed E-state index contributed by atoms with van der Waals surface area (Å²) in [4.78, 5) is 4.57. The van der Waals surface area contributed by atoms with Crippen LogP contribution in [0.2, 0.25) is 0 Å². The normalized spacial score (nSPS) is 13.2. The molecule has 16 heavy (non-hydrogen) atoms. The molecule has 0 saturated heterocycles. The molecule has 1 heterocycles. The quantitative estimate of drug-likeness (QED) is 0.829. The van der Waals surface area contributed by atoms with Crippen LogP contribution < -0.4 is 0 Å². The van der Waals surface area contributed by atoms with Crippen LogP contribution in [0.15, 0.2) is 29.4 Å². The standard InChI is InChI=1S/C12H16N2OS/c1-3-16-12-13-10-6-4-5-7-11(10)14(12)8-9(2)15/h4-7,9,15H,3,8H2,1-2H3. The Kier molecular flexibility index (Phi) is 3.51. The molecule has 1 aromatic carbocycles. The van der Waals surface area contributed by atoms with Gasteiger partial charge in [0.1, 0.15) is 0 Å². The molecule has 2 aromatic rings. The fraction of sp³-hybridized carbons (Fsp3) is 0.417. The van der Waals surface area contributed by atoms with Gasteiger partial charge in [-0.3, -0.25) is 0 Å². The van der Waals surface area contributed by atoms with Crippen LogP contribution in [0.5, 0.6) is 0 Å². The number of hydrogen-bond acceptors (Lipinski definition) is 3. The van der Waals surface area contributed by atoms with E-state index in [9.17, 15) is 5.11 Å². The third-order valence-electron chi connectivity index (χ3n) is 2.34. The van der Waals surface area contributed by atoms with Crippen molar-refractivity contribution in [3.63, 3.8) is 0 Å². The van der Waals surface area contributed by atoms with Crippen molar-refractivity contribution in [1.29, 1.82) is 0 Å². The molecule has 1 aromatic heterocycles. The summed E-state index contributed by atoms with van der Waals surface area (Å²) in [5.74, 6) is 0.989. The van der Waals surface area contributed by atoms with Crippen LogP contribution in [0.1, 0.15) is 13.8 Å². The smallest absolute Gasteiger partial charge is 0.169 e. The number of fused-ring (bicyclic) bond motifs is 1. The highest BCUT2D eigenvalue weighted by Crippen LogP contribution is 2.23. The molecule has 0 fully saturated rings. The highest BCUT2D eigenvalue weighted by molar-refractivity contribution is 7.99. The monoisotopic (exact) mass is 236 g/mol. The number of para-hydroxylation sites is 2. The Bertz CT molecular complexity index is 479. The van der Waals surface area contributed by atoms with Gasteiger partial charge < -0.3 is 9.67 Å². The fourth-order valence-corrected chi connectivity index (χ4v) is 2.48. The minimum atomic E-state index is -0.353. The number of aromatic nitrogens is 2. The van der Waals surface area contributed by atoms with E-state index in [1.54, 1.807) is 18.7 Å². The number of rotatable bonds is 4. The molecule has 0 aliphatic carbocycles. The zero-order valence-corrected chi connectivity index (χ0v) is 10.4. The third kappa shape index (κ3) is 2.23. The van der Waals surface area contributed by atoms with E-state index in [0.29, 0.717) is 6.54 Å². The predicted octanol–water partition coefficient (Wildman–Crippen LogP) is 2.53. The Morgan fingerprint density at radius 2 is 2.19 bits per heavy atom. The summed E-state index contributed by atoms with van der Waals surface area (Å²) in [7, 11) is 0. The Labute approximate surface area is 99.5 Å². The minimum Gasteiger partial charge on any atom is -0.392 e. The van der Waals surface area contributed by atoms with Gasteiger partial charge in [0.05, 0.1) is 23.7 Å². The average molecular weight is 236 g/mol. The zero-order chi connectivity index (χ0) is 11.5. The van der Waals surface area contributed by atoms with E-state index in [0.717, 1.165) is 21.9 Å². The van der Waals surface area contributed by atoms with Crippen LogP contribution in [0.3, 0.4) is 0 Å². The maximum Gasteiger partial charge on any atom is 0.169 e. The first-order chi connectivity index (χ1) is 7.72. The van der Waals surface area contributed by atoms with Gasteiger partial charge in [-0.05, 0) is 24.8 Å². The van der Waals surface area contributed by atoms with Crippen molar-refractivity contribution < 1.29 is 5.11 Å². The van der Waals surface area contributed by atoms with Gasteiger partial charge in [-0.25, -0.2) is 4.98 Å². The molecule has 1 atom stereocenters. The lowest BCUT2D eigenvalue weighted by Gasteiger charge is -2.09. The van der Waals surface area contributed by atoms with Crippen LogP contribution in [-0.4, -0.2) is 26.5 Å². The summed E-state index contributed by atoms with van der Waals surface area (Å²) in [6.45, 7) is 4.51. The first kappa shape index (κ1) is 11.5. The molecule has 2 rings (SSSR count). The SMILES string of the molecule is CCSc1nc2ccccc2n1CC(C)O. The number of imidazole rings is 1. The molecule has 86 valence electrons. The Morgan fingerprint density at radius 3 is 2.88 bits per heavy atom. The lowest BCUT2D eigenvalue weighted by molar-refractivity contribution is 0.172. The van der Waals surface area contributed by atoms with Gasteiger partial charge in [0, 0.05) is 0 Å². The topological polar surface area (TPSA) is 38.0 Å². The van der Waals surface area contributed by atoms with Crippen molar-refractivity contribution in [2.45, 2.75) is 31.7 Å². The van der Waals surface area contributed by atoms with Crippen LogP contribution in [0, 0.1) is 0 Å². The van der Waals surface area contributed by atoms with Gasteiger partial charge in [-0.1, -0.05) is 30.8 Å². The van der Waals surface area contributed by atoms with Gasteiger partial charge in [-0.15, -0.1) is 0 Å². The Morgan fingerprint density at radius 1 is 1.44 bits per heavy atom. The van der Waals surface area contributed by atoms with E-state index in [1.807, 2.05) is 24.3 Å².